The quantitative estimate of drug-likeness (QED) is 0.801. The monoisotopic (exact) mass is 269 g/mol. The average molecular weight is 269 g/mol. The molecule has 1 saturated heterocycles. The number of nitrogens with zero attached hydrogens (tertiary/aromatic N) is 1. The fourth-order valence-electron chi connectivity index (χ4n) is 4.90. The Labute approximate surface area is 123 Å². The van der Waals surface area contributed by atoms with Crippen LogP contribution in [-0.2, 0) is 11.8 Å². The van der Waals surface area contributed by atoms with Gasteiger partial charge in [0.2, 0.25) is 0 Å². The number of rotatable bonds is 3. The Kier molecular flexibility index (Phi) is 3.14. The summed E-state index contributed by atoms with van der Waals surface area (Å²) < 4.78 is 0. The van der Waals surface area contributed by atoms with Crippen molar-refractivity contribution in [2.75, 3.05) is 20.1 Å². The maximum Gasteiger partial charge on any atom is -0.000960 e. The molecule has 0 radical (unpaired) electrons. The summed E-state index contributed by atoms with van der Waals surface area (Å²) in [5, 5.41) is 0. The van der Waals surface area contributed by atoms with Gasteiger partial charge in [-0.3, -0.25) is 0 Å². The molecule has 1 heterocycles. The molecule has 2 atom stereocenters. The second-order valence-electron chi connectivity index (χ2n) is 7.54. The normalized spacial score (nSPS) is 33.5. The van der Waals surface area contributed by atoms with E-state index in [9.17, 15) is 0 Å². The number of aryl methyl sites for hydroxylation is 1. The van der Waals surface area contributed by atoms with E-state index in [1.165, 1.54) is 58.0 Å². The summed E-state index contributed by atoms with van der Waals surface area (Å²) in [5.74, 6) is 2.02. The van der Waals surface area contributed by atoms with E-state index in [1.54, 1.807) is 11.1 Å². The van der Waals surface area contributed by atoms with Crippen LogP contribution in [0.3, 0.4) is 0 Å². The first-order chi connectivity index (χ1) is 9.78. The van der Waals surface area contributed by atoms with Crippen LogP contribution in [0.5, 0.6) is 0 Å². The van der Waals surface area contributed by atoms with Crippen LogP contribution in [0.15, 0.2) is 24.3 Å². The molecular formula is C19H27N. The van der Waals surface area contributed by atoms with Crippen LogP contribution in [0.25, 0.3) is 0 Å². The first-order valence-electron chi connectivity index (χ1n) is 8.55. The highest BCUT2D eigenvalue weighted by atomic mass is 15.1. The molecule has 20 heavy (non-hydrogen) atoms. The van der Waals surface area contributed by atoms with Crippen molar-refractivity contribution < 1.29 is 0 Å². The van der Waals surface area contributed by atoms with Gasteiger partial charge in [-0.05, 0) is 87.0 Å². The van der Waals surface area contributed by atoms with Gasteiger partial charge in [0.1, 0.15) is 0 Å². The minimum Gasteiger partial charge on any atom is -0.306 e. The molecule has 1 aromatic carbocycles. The van der Waals surface area contributed by atoms with Gasteiger partial charge in [-0.15, -0.1) is 0 Å². The van der Waals surface area contributed by atoms with Gasteiger partial charge in [-0.2, -0.15) is 0 Å². The van der Waals surface area contributed by atoms with Gasteiger partial charge in [-0.1, -0.05) is 30.7 Å². The molecule has 1 saturated carbocycles. The summed E-state index contributed by atoms with van der Waals surface area (Å²) in [6.45, 7) is 2.65. The Morgan fingerprint density at radius 3 is 2.80 bits per heavy atom. The SMILES string of the molecule is CN1CCC(CCC2CC23CCc2ccccc23)CC1. The second-order valence-corrected chi connectivity index (χ2v) is 7.54. The van der Waals surface area contributed by atoms with E-state index in [0.29, 0.717) is 5.41 Å². The Morgan fingerprint density at radius 2 is 1.95 bits per heavy atom. The van der Waals surface area contributed by atoms with E-state index >= 15 is 0 Å². The first kappa shape index (κ1) is 12.9. The molecule has 0 bridgehead atoms. The minimum atomic E-state index is 0.627. The van der Waals surface area contributed by atoms with Crippen LogP contribution in [0, 0.1) is 11.8 Å². The lowest BCUT2D eigenvalue weighted by Crippen LogP contribution is -2.30. The van der Waals surface area contributed by atoms with Gasteiger partial charge in [-0.25, -0.2) is 0 Å². The molecule has 1 spiro atoms. The molecule has 0 amide bonds. The number of likely N-dealkylation sites (tertiary alicyclic amines) is 1. The largest absolute Gasteiger partial charge is 0.306 e. The van der Waals surface area contributed by atoms with E-state index < -0.39 is 0 Å². The van der Waals surface area contributed by atoms with Crippen molar-refractivity contribution in [2.45, 2.75) is 50.4 Å². The maximum absolute atomic E-state index is 2.49. The minimum absolute atomic E-state index is 0.627. The first-order valence-corrected chi connectivity index (χ1v) is 8.55. The predicted octanol–water partition coefficient (Wildman–Crippen LogP) is 4.01. The predicted molar refractivity (Wildman–Crippen MR) is 84.0 cm³/mol. The third-order valence-corrected chi connectivity index (χ3v) is 6.39. The standard InChI is InChI=1S/C19H27N/c1-20-12-9-15(10-13-20)6-7-17-14-19(17)11-8-16-4-2-3-5-18(16)19/h2-5,15,17H,6-14H2,1H3. The molecule has 1 aromatic rings. The van der Waals surface area contributed by atoms with Crippen molar-refractivity contribution >= 4 is 0 Å². The van der Waals surface area contributed by atoms with Gasteiger partial charge in [0.05, 0.1) is 0 Å². The Balaban J connectivity index is 1.35. The van der Waals surface area contributed by atoms with Gasteiger partial charge >= 0.3 is 0 Å². The molecule has 2 fully saturated rings. The molecule has 0 N–H and O–H groups in total. The molecule has 1 nitrogen and oxygen atoms in total. The van der Waals surface area contributed by atoms with Gasteiger partial charge < -0.3 is 4.90 Å². The topological polar surface area (TPSA) is 3.24 Å². The zero-order valence-corrected chi connectivity index (χ0v) is 12.8. The summed E-state index contributed by atoms with van der Waals surface area (Å²) in [4.78, 5) is 2.49. The van der Waals surface area contributed by atoms with Crippen molar-refractivity contribution in [1.29, 1.82) is 0 Å². The number of fused-ring (bicyclic) bond motifs is 2. The van der Waals surface area contributed by atoms with E-state index in [4.69, 9.17) is 0 Å². The van der Waals surface area contributed by atoms with Crippen molar-refractivity contribution in [2.24, 2.45) is 11.8 Å². The van der Waals surface area contributed by atoms with Crippen LogP contribution >= 0.6 is 0 Å². The molecule has 2 unspecified atom stereocenters. The molecule has 1 heteroatoms. The highest BCUT2D eigenvalue weighted by Gasteiger charge is 2.57. The molecule has 1 aliphatic heterocycles. The van der Waals surface area contributed by atoms with E-state index in [0.717, 1.165) is 11.8 Å². The molecular weight excluding hydrogens is 242 g/mol. The van der Waals surface area contributed by atoms with Crippen LogP contribution in [0.2, 0.25) is 0 Å². The van der Waals surface area contributed by atoms with E-state index in [2.05, 4.69) is 36.2 Å². The van der Waals surface area contributed by atoms with Crippen molar-refractivity contribution in [3.8, 4) is 0 Å². The zero-order valence-electron chi connectivity index (χ0n) is 12.8. The van der Waals surface area contributed by atoms with Crippen molar-refractivity contribution in [3.63, 3.8) is 0 Å². The molecule has 3 aliphatic rings. The second kappa shape index (κ2) is 4.87. The number of piperidine rings is 1. The number of hydrogen-bond acceptors (Lipinski definition) is 1. The van der Waals surface area contributed by atoms with Crippen LogP contribution in [0.4, 0.5) is 0 Å². The van der Waals surface area contributed by atoms with Gasteiger partial charge in [0.15, 0.2) is 0 Å². The summed E-state index contributed by atoms with van der Waals surface area (Å²) in [7, 11) is 2.27. The van der Waals surface area contributed by atoms with Crippen LogP contribution in [0.1, 0.15) is 49.7 Å². The summed E-state index contributed by atoms with van der Waals surface area (Å²) in [6.07, 6.45) is 10.1. The Hall–Kier alpha value is -0.820. The summed E-state index contributed by atoms with van der Waals surface area (Å²) in [5.41, 5.74) is 3.99. The van der Waals surface area contributed by atoms with Crippen molar-refractivity contribution in [3.05, 3.63) is 35.4 Å². The van der Waals surface area contributed by atoms with Crippen LogP contribution < -0.4 is 0 Å². The van der Waals surface area contributed by atoms with Gasteiger partial charge in [0.25, 0.3) is 0 Å². The summed E-state index contributed by atoms with van der Waals surface area (Å²) >= 11 is 0. The highest BCUT2D eigenvalue weighted by Crippen LogP contribution is 2.63. The number of benzene rings is 1. The lowest BCUT2D eigenvalue weighted by Gasteiger charge is -2.29. The lowest BCUT2D eigenvalue weighted by atomic mass is 9.88. The smallest absolute Gasteiger partial charge is 0.000960 e. The van der Waals surface area contributed by atoms with Gasteiger partial charge in [0, 0.05) is 0 Å². The lowest BCUT2D eigenvalue weighted by molar-refractivity contribution is 0.208. The van der Waals surface area contributed by atoms with E-state index in [1.807, 2.05) is 0 Å². The molecule has 4 rings (SSSR count). The fraction of sp³-hybridized carbons (Fsp3) is 0.684. The molecule has 108 valence electrons. The third kappa shape index (κ3) is 2.11. The number of hydrogen-bond donors (Lipinski definition) is 0. The third-order valence-electron chi connectivity index (χ3n) is 6.39. The zero-order chi connectivity index (χ0) is 13.6. The fourth-order valence-corrected chi connectivity index (χ4v) is 4.90. The molecule has 2 aliphatic carbocycles. The van der Waals surface area contributed by atoms with E-state index in [-0.39, 0.29) is 0 Å². The molecule has 0 aromatic heterocycles. The Bertz CT molecular complexity index is 486. The van der Waals surface area contributed by atoms with Crippen LogP contribution in [-0.4, -0.2) is 25.0 Å². The Morgan fingerprint density at radius 1 is 1.15 bits per heavy atom. The maximum atomic E-state index is 2.49. The highest BCUT2D eigenvalue weighted by molar-refractivity contribution is 5.44. The summed E-state index contributed by atoms with van der Waals surface area (Å²) in [6, 6.07) is 9.24. The van der Waals surface area contributed by atoms with Crippen molar-refractivity contribution in [1.82, 2.24) is 4.90 Å². The average Bonchev–Trinajstić information content (AvgIpc) is 3.06.